The van der Waals surface area contributed by atoms with Crippen LogP contribution in [-0.2, 0) is 20.6 Å². The fourth-order valence-corrected chi connectivity index (χ4v) is 5.59. The van der Waals surface area contributed by atoms with E-state index in [-0.39, 0.29) is 31.4 Å². The second kappa shape index (κ2) is 10.8. The Kier molecular flexibility index (Phi) is 7.60. The van der Waals surface area contributed by atoms with Crippen molar-refractivity contribution in [3.8, 4) is 11.5 Å². The number of nitrogens with one attached hydrogen (secondary N) is 1. The molecular formula is C27H30N2O5S. The zero-order valence-electron chi connectivity index (χ0n) is 19.9. The lowest BCUT2D eigenvalue weighted by atomic mass is 10.0. The van der Waals surface area contributed by atoms with Crippen molar-refractivity contribution in [3.63, 3.8) is 0 Å². The van der Waals surface area contributed by atoms with Gasteiger partial charge in [0.2, 0.25) is 10.0 Å². The van der Waals surface area contributed by atoms with Gasteiger partial charge in [0, 0.05) is 0 Å². The van der Waals surface area contributed by atoms with Gasteiger partial charge < -0.3 is 14.8 Å². The van der Waals surface area contributed by atoms with E-state index in [1.54, 1.807) is 48.5 Å². The Bertz CT molecular complexity index is 1260. The van der Waals surface area contributed by atoms with Gasteiger partial charge in [0.05, 0.1) is 24.5 Å². The first-order valence-electron chi connectivity index (χ1n) is 11.6. The zero-order chi connectivity index (χ0) is 24.8. The van der Waals surface area contributed by atoms with E-state index in [4.69, 9.17) is 9.47 Å². The number of sulfonamides is 1. The van der Waals surface area contributed by atoms with Crippen molar-refractivity contribution in [1.29, 1.82) is 0 Å². The smallest absolute Gasteiger partial charge is 0.263 e. The first-order valence-corrected chi connectivity index (χ1v) is 13.3. The molecule has 0 aromatic heterocycles. The summed E-state index contributed by atoms with van der Waals surface area (Å²) in [6, 6.07) is 23.7. The second-order valence-corrected chi connectivity index (χ2v) is 10.6. The van der Waals surface area contributed by atoms with Crippen LogP contribution in [0, 0.1) is 0 Å². The lowest BCUT2D eigenvalue weighted by Gasteiger charge is -2.34. The normalized spacial score (nSPS) is 15.3. The summed E-state index contributed by atoms with van der Waals surface area (Å²) in [6.45, 7) is 4.65. The number of amides is 1. The summed E-state index contributed by atoms with van der Waals surface area (Å²) in [4.78, 5) is 12.9. The molecule has 1 unspecified atom stereocenters. The molecule has 0 fully saturated rings. The van der Waals surface area contributed by atoms with E-state index in [0.29, 0.717) is 22.9 Å². The van der Waals surface area contributed by atoms with Gasteiger partial charge >= 0.3 is 0 Å². The molecule has 7 nitrogen and oxygen atoms in total. The standard InChI is InChI=1S/C27H30N2O5S/c1-20(2)22-12-6-8-14-24(22)33-17-16-28-27(30)26-18-29(23-13-7-9-15-25(23)34-26)35(31,32)19-21-10-4-3-5-11-21/h3-15,20,26H,16-19H2,1-2H3,(H,28,30). The highest BCUT2D eigenvalue weighted by Gasteiger charge is 2.36. The Morgan fingerprint density at radius 2 is 1.71 bits per heavy atom. The molecule has 1 aliphatic heterocycles. The maximum absolute atomic E-state index is 13.3. The van der Waals surface area contributed by atoms with Crippen LogP contribution < -0.4 is 19.1 Å². The Morgan fingerprint density at radius 3 is 2.49 bits per heavy atom. The van der Waals surface area contributed by atoms with Crippen molar-refractivity contribution in [1.82, 2.24) is 5.32 Å². The summed E-state index contributed by atoms with van der Waals surface area (Å²) in [7, 11) is -3.74. The summed E-state index contributed by atoms with van der Waals surface area (Å²) in [5.41, 5.74) is 2.21. The molecule has 0 saturated heterocycles. The van der Waals surface area contributed by atoms with Crippen LogP contribution in [0.3, 0.4) is 0 Å². The Morgan fingerprint density at radius 1 is 1.03 bits per heavy atom. The van der Waals surface area contributed by atoms with E-state index in [9.17, 15) is 13.2 Å². The van der Waals surface area contributed by atoms with Crippen molar-refractivity contribution in [2.75, 3.05) is 24.0 Å². The summed E-state index contributed by atoms with van der Waals surface area (Å²) in [5.74, 6) is 0.912. The monoisotopic (exact) mass is 494 g/mol. The van der Waals surface area contributed by atoms with E-state index in [1.807, 2.05) is 30.3 Å². The van der Waals surface area contributed by atoms with Crippen LogP contribution in [0.4, 0.5) is 5.69 Å². The Labute approximate surface area is 206 Å². The molecule has 0 bridgehead atoms. The molecule has 0 radical (unpaired) electrons. The van der Waals surface area contributed by atoms with Crippen molar-refractivity contribution in [2.24, 2.45) is 0 Å². The minimum absolute atomic E-state index is 0.102. The van der Waals surface area contributed by atoms with Crippen LogP contribution >= 0.6 is 0 Å². The molecule has 1 amide bonds. The van der Waals surface area contributed by atoms with Crippen molar-refractivity contribution in [3.05, 3.63) is 90.0 Å². The summed E-state index contributed by atoms with van der Waals surface area (Å²) >= 11 is 0. The highest BCUT2D eigenvalue weighted by atomic mass is 32.2. The van der Waals surface area contributed by atoms with Crippen molar-refractivity contribution in [2.45, 2.75) is 31.6 Å². The van der Waals surface area contributed by atoms with Crippen LogP contribution in [0.25, 0.3) is 0 Å². The maximum Gasteiger partial charge on any atom is 0.263 e. The Hall–Kier alpha value is -3.52. The van der Waals surface area contributed by atoms with E-state index in [2.05, 4.69) is 19.2 Å². The van der Waals surface area contributed by atoms with E-state index < -0.39 is 16.1 Å². The number of hydrogen-bond donors (Lipinski definition) is 1. The number of rotatable bonds is 9. The first-order chi connectivity index (χ1) is 16.8. The molecule has 4 rings (SSSR count). The predicted octanol–water partition coefficient (Wildman–Crippen LogP) is 4.10. The molecule has 1 heterocycles. The van der Waals surface area contributed by atoms with Crippen LogP contribution in [0.2, 0.25) is 0 Å². The summed E-state index contributed by atoms with van der Waals surface area (Å²) < 4.78 is 39.6. The molecule has 3 aromatic rings. The van der Waals surface area contributed by atoms with E-state index >= 15 is 0 Å². The largest absolute Gasteiger partial charge is 0.491 e. The van der Waals surface area contributed by atoms with Gasteiger partial charge in [0.25, 0.3) is 5.91 Å². The van der Waals surface area contributed by atoms with Crippen LogP contribution in [-0.4, -0.2) is 40.1 Å². The second-order valence-electron chi connectivity index (χ2n) is 8.68. The van der Waals surface area contributed by atoms with Gasteiger partial charge in [-0.05, 0) is 35.2 Å². The molecular weight excluding hydrogens is 464 g/mol. The maximum atomic E-state index is 13.3. The number of anilines is 1. The van der Waals surface area contributed by atoms with Crippen molar-refractivity contribution >= 4 is 21.6 Å². The zero-order valence-corrected chi connectivity index (χ0v) is 20.7. The molecule has 0 aliphatic carbocycles. The lowest BCUT2D eigenvalue weighted by Crippen LogP contribution is -2.51. The fraction of sp³-hybridized carbons (Fsp3) is 0.296. The van der Waals surface area contributed by atoms with Crippen molar-refractivity contribution < 1.29 is 22.7 Å². The number of benzene rings is 3. The number of para-hydroxylation sites is 3. The SMILES string of the molecule is CC(C)c1ccccc1OCCNC(=O)C1CN(S(=O)(=O)Cc2ccccc2)c2ccccc2O1. The molecule has 1 atom stereocenters. The Balaban J connectivity index is 1.42. The van der Waals surface area contributed by atoms with Gasteiger partial charge in [0.1, 0.15) is 18.1 Å². The van der Waals surface area contributed by atoms with Gasteiger partial charge in [-0.3, -0.25) is 9.10 Å². The average Bonchev–Trinajstić information content (AvgIpc) is 2.86. The lowest BCUT2D eigenvalue weighted by molar-refractivity contribution is -0.127. The number of hydrogen-bond acceptors (Lipinski definition) is 5. The van der Waals surface area contributed by atoms with Crippen LogP contribution in [0.5, 0.6) is 11.5 Å². The molecule has 35 heavy (non-hydrogen) atoms. The van der Waals surface area contributed by atoms with Gasteiger partial charge in [0.15, 0.2) is 6.10 Å². The average molecular weight is 495 g/mol. The number of carbonyl (C=O) groups excluding carboxylic acids is 1. The fourth-order valence-electron chi connectivity index (χ4n) is 4.00. The summed E-state index contributed by atoms with van der Waals surface area (Å²) in [6.07, 6.45) is -0.974. The number of fused-ring (bicyclic) bond motifs is 1. The van der Waals surface area contributed by atoms with E-state index in [1.165, 1.54) is 4.31 Å². The highest BCUT2D eigenvalue weighted by molar-refractivity contribution is 7.92. The van der Waals surface area contributed by atoms with Gasteiger partial charge in [-0.25, -0.2) is 8.42 Å². The minimum atomic E-state index is -3.74. The first kappa shape index (κ1) is 24.6. The molecule has 1 N–H and O–H groups in total. The molecule has 8 heteroatoms. The van der Waals surface area contributed by atoms with Crippen LogP contribution in [0.15, 0.2) is 78.9 Å². The quantitative estimate of drug-likeness (QED) is 0.453. The van der Waals surface area contributed by atoms with Gasteiger partial charge in [-0.1, -0.05) is 74.5 Å². The third-order valence-electron chi connectivity index (χ3n) is 5.75. The molecule has 0 spiro atoms. The molecule has 0 saturated carbocycles. The molecule has 1 aliphatic rings. The van der Waals surface area contributed by atoms with E-state index in [0.717, 1.165) is 11.3 Å². The number of nitrogens with zero attached hydrogens (tertiary/aromatic N) is 1. The number of carbonyl (C=O) groups is 1. The van der Waals surface area contributed by atoms with Crippen LogP contribution in [0.1, 0.15) is 30.9 Å². The van der Waals surface area contributed by atoms with Gasteiger partial charge in [-0.2, -0.15) is 0 Å². The topological polar surface area (TPSA) is 84.9 Å². The van der Waals surface area contributed by atoms with Gasteiger partial charge in [-0.15, -0.1) is 0 Å². The highest BCUT2D eigenvalue weighted by Crippen LogP contribution is 2.35. The third kappa shape index (κ3) is 5.95. The third-order valence-corrected chi connectivity index (χ3v) is 7.47. The summed E-state index contributed by atoms with van der Waals surface area (Å²) in [5, 5.41) is 2.81. The molecule has 3 aromatic carbocycles. The number of ether oxygens (including phenoxy) is 2. The predicted molar refractivity (Wildman–Crippen MR) is 136 cm³/mol. The molecule has 184 valence electrons. The minimum Gasteiger partial charge on any atom is -0.491 e.